The fourth-order valence-electron chi connectivity index (χ4n) is 2.24. The average molecular weight is 229 g/mol. The van der Waals surface area contributed by atoms with Gasteiger partial charge in [0, 0.05) is 12.5 Å². The molecule has 0 aliphatic heterocycles. The second-order valence-electron chi connectivity index (χ2n) is 4.94. The van der Waals surface area contributed by atoms with Crippen LogP contribution in [0.4, 0.5) is 0 Å². The highest BCUT2D eigenvalue weighted by molar-refractivity contribution is 5.13. The average Bonchev–Trinajstić information content (AvgIpc) is 3.15. The van der Waals surface area contributed by atoms with E-state index in [0.29, 0.717) is 24.4 Å². The predicted molar refractivity (Wildman–Crippen MR) is 67.1 cm³/mol. The van der Waals surface area contributed by atoms with Crippen molar-refractivity contribution in [3.05, 3.63) is 35.9 Å². The maximum absolute atomic E-state index is 8.76. The topological polar surface area (TPSA) is 33.0 Å². The van der Waals surface area contributed by atoms with Gasteiger partial charge in [0.25, 0.3) is 0 Å². The smallest absolute Gasteiger partial charge is 0.0716 e. The Morgan fingerprint density at radius 2 is 2.18 bits per heavy atom. The molecule has 0 aromatic heterocycles. The van der Waals surface area contributed by atoms with Gasteiger partial charge in [-0.25, -0.2) is 0 Å². The van der Waals surface area contributed by atoms with Gasteiger partial charge in [-0.3, -0.25) is 0 Å². The van der Waals surface area contributed by atoms with Crippen LogP contribution in [0.1, 0.15) is 25.3 Å². The normalized spacial score (nSPS) is 24.0. The van der Waals surface area contributed by atoms with E-state index in [-0.39, 0.29) is 0 Å². The molecule has 0 unspecified atom stereocenters. The van der Waals surface area contributed by atoms with Crippen LogP contribution >= 0.6 is 0 Å². The molecule has 2 nitrogen and oxygen atoms in total. The van der Waals surface area contributed by atoms with E-state index in [0.717, 1.165) is 19.4 Å². The number of rotatable bonds is 6. The van der Waals surface area contributed by atoms with Crippen LogP contribution in [0.2, 0.25) is 0 Å². The van der Waals surface area contributed by atoms with E-state index < -0.39 is 0 Å². The maximum Gasteiger partial charge on any atom is 0.0716 e. The summed E-state index contributed by atoms with van der Waals surface area (Å²) in [5, 5.41) is 8.76. The van der Waals surface area contributed by atoms with Crippen molar-refractivity contribution < 1.29 is 4.74 Å². The molecule has 90 valence electrons. The van der Waals surface area contributed by atoms with Crippen LogP contribution in [0.15, 0.2) is 30.3 Å². The monoisotopic (exact) mass is 229 g/mol. The summed E-state index contributed by atoms with van der Waals surface area (Å²) in [4.78, 5) is 0. The van der Waals surface area contributed by atoms with Crippen LogP contribution in [0.25, 0.3) is 0 Å². The van der Waals surface area contributed by atoms with Gasteiger partial charge in [-0.05, 0) is 30.2 Å². The number of nitrogens with zero attached hydrogens (tertiary/aromatic N) is 1. The molecule has 1 aliphatic rings. The van der Waals surface area contributed by atoms with E-state index in [2.05, 4.69) is 25.1 Å². The van der Waals surface area contributed by atoms with E-state index in [1.54, 1.807) is 0 Å². The summed E-state index contributed by atoms with van der Waals surface area (Å²) in [6.07, 6.45) is 2.16. The first kappa shape index (κ1) is 12.1. The van der Waals surface area contributed by atoms with Gasteiger partial charge in [-0.2, -0.15) is 5.26 Å². The lowest BCUT2D eigenvalue weighted by atomic mass is 10.0. The molecular weight excluding hydrogens is 210 g/mol. The van der Waals surface area contributed by atoms with Gasteiger partial charge in [0.2, 0.25) is 0 Å². The molecule has 0 amide bonds. The highest BCUT2D eigenvalue weighted by atomic mass is 16.5. The van der Waals surface area contributed by atoms with Crippen LogP contribution < -0.4 is 0 Å². The molecule has 1 saturated carbocycles. The molecule has 1 aliphatic carbocycles. The summed E-state index contributed by atoms with van der Waals surface area (Å²) in [5.41, 5.74) is 1.22. The highest BCUT2D eigenvalue weighted by Crippen LogP contribution is 2.44. The zero-order valence-electron chi connectivity index (χ0n) is 10.3. The third-order valence-electron chi connectivity index (χ3n) is 3.57. The van der Waals surface area contributed by atoms with Crippen molar-refractivity contribution in [2.75, 3.05) is 6.61 Å². The number of nitriles is 1. The zero-order chi connectivity index (χ0) is 12.1. The second-order valence-corrected chi connectivity index (χ2v) is 4.94. The lowest BCUT2D eigenvalue weighted by molar-refractivity contribution is 0.106. The van der Waals surface area contributed by atoms with Crippen LogP contribution in [0.3, 0.4) is 0 Å². The van der Waals surface area contributed by atoms with E-state index >= 15 is 0 Å². The molecule has 0 saturated heterocycles. The molecule has 1 aromatic rings. The molecule has 0 spiro atoms. The predicted octanol–water partition coefficient (Wildman–Crippen LogP) is 3.39. The van der Waals surface area contributed by atoms with Gasteiger partial charge in [0.05, 0.1) is 12.7 Å². The van der Waals surface area contributed by atoms with Crippen molar-refractivity contribution >= 4 is 0 Å². The molecule has 3 atom stereocenters. The second kappa shape index (κ2) is 5.84. The Morgan fingerprint density at radius 3 is 2.82 bits per heavy atom. The van der Waals surface area contributed by atoms with Gasteiger partial charge >= 0.3 is 0 Å². The van der Waals surface area contributed by atoms with Gasteiger partial charge in [-0.1, -0.05) is 37.3 Å². The van der Waals surface area contributed by atoms with E-state index in [1.165, 1.54) is 5.56 Å². The molecule has 2 heteroatoms. The van der Waals surface area contributed by atoms with Crippen molar-refractivity contribution in [3.63, 3.8) is 0 Å². The van der Waals surface area contributed by atoms with Crippen LogP contribution in [-0.4, -0.2) is 6.61 Å². The summed E-state index contributed by atoms with van der Waals surface area (Å²) in [6.45, 7) is 3.72. The molecule has 0 heterocycles. The Hall–Kier alpha value is -1.33. The molecule has 0 N–H and O–H groups in total. The lowest BCUT2D eigenvalue weighted by Gasteiger charge is -2.10. The van der Waals surface area contributed by atoms with Gasteiger partial charge in [0.15, 0.2) is 0 Å². The minimum absolute atomic E-state index is 0.319. The summed E-state index contributed by atoms with van der Waals surface area (Å²) < 4.78 is 5.65. The fraction of sp³-hybridized carbons (Fsp3) is 0.533. The fourth-order valence-corrected chi connectivity index (χ4v) is 2.24. The van der Waals surface area contributed by atoms with Crippen molar-refractivity contribution in [1.82, 2.24) is 0 Å². The molecular formula is C15H19NO. The van der Waals surface area contributed by atoms with E-state index in [9.17, 15) is 0 Å². The van der Waals surface area contributed by atoms with Crippen molar-refractivity contribution in [2.24, 2.45) is 17.8 Å². The Balaban J connectivity index is 1.59. The van der Waals surface area contributed by atoms with E-state index in [1.807, 2.05) is 18.2 Å². The summed E-state index contributed by atoms with van der Waals surface area (Å²) in [7, 11) is 0. The summed E-state index contributed by atoms with van der Waals surface area (Å²) >= 11 is 0. The minimum atomic E-state index is 0.319. The SMILES string of the molecule is C[C@H](CCOCc1ccccc1)[C@@H]1C[C@H]1C#N. The van der Waals surface area contributed by atoms with Crippen molar-refractivity contribution in [2.45, 2.75) is 26.4 Å². The van der Waals surface area contributed by atoms with Gasteiger partial charge in [0.1, 0.15) is 0 Å². The molecule has 17 heavy (non-hydrogen) atoms. The Bertz CT molecular complexity index is 382. The number of hydrogen-bond acceptors (Lipinski definition) is 2. The highest BCUT2D eigenvalue weighted by Gasteiger charge is 2.40. The number of hydrogen-bond donors (Lipinski definition) is 0. The van der Waals surface area contributed by atoms with Gasteiger partial charge in [-0.15, -0.1) is 0 Å². The van der Waals surface area contributed by atoms with Gasteiger partial charge < -0.3 is 4.74 Å². The molecule has 2 rings (SSSR count). The molecule has 1 aromatic carbocycles. The van der Waals surface area contributed by atoms with Crippen LogP contribution in [0, 0.1) is 29.1 Å². The largest absolute Gasteiger partial charge is 0.377 e. The lowest BCUT2D eigenvalue weighted by Crippen LogP contribution is -2.05. The maximum atomic E-state index is 8.76. The number of benzene rings is 1. The Morgan fingerprint density at radius 1 is 1.41 bits per heavy atom. The van der Waals surface area contributed by atoms with Crippen molar-refractivity contribution in [1.29, 1.82) is 5.26 Å². The van der Waals surface area contributed by atoms with Crippen molar-refractivity contribution in [3.8, 4) is 6.07 Å². The molecule has 1 fully saturated rings. The number of ether oxygens (including phenoxy) is 1. The first-order valence-corrected chi connectivity index (χ1v) is 6.32. The Labute approximate surface area is 103 Å². The summed E-state index contributed by atoms with van der Waals surface area (Å²) in [5.74, 6) is 1.56. The quantitative estimate of drug-likeness (QED) is 0.700. The first-order chi connectivity index (χ1) is 8.31. The van der Waals surface area contributed by atoms with Crippen LogP contribution in [0.5, 0.6) is 0 Å². The minimum Gasteiger partial charge on any atom is -0.377 e. The third kappa shape index (κ3) is 3.57. The standard InChI is InChI=1S/C15H19NO/c1-12(15-9-14(15)10-16)7-8-17-11-13-5-3-2-4-6-13/h2-6,12,14-15H,7-9,11H2,1H3/t12-,14+,15+/m1/s1. The molecule has 0 bridgehead atoms. The zero-order valence-corrected chi connectivity index (χ0v) is 10.3. The Kier molecular flexibility index (Phi) is 4.17. The first-order valence-electron chi connectivity index (χ1n) is 6.32. The third-order valence-corrected chi connectivity index (χ3v) is 3.57. The van der Waals surface area contributed by atoms with E-state index in [4.69, 9.17) is 10.00 Å². The van der Waals surface area contributed by atoms with Crippen LogP contribution in [-0.2, 0) is 11.3 Å². The summed E-state index contributed by atoms with van der Waals surface area (Å²) in [6, 6.07) is 12.6. The molecule has 0 radical (unpaired) electrons.